The minimum atomic E-state index is -0.392. The van der Waals surface area contributed by atoms with Gasteiger partial charge < -0.3 is 15.0 Å². The number of hydrogen-bond donors (Lipinski definition) is 1. The van der Waals surface area contributed by atoms with E-state index in [1.807, 2.05) is 30.9 Å². The third-order valence-electron chi connectivity index (χ3n) is 5.62. The van der Waals surface area contributed by atoms with Gasteiger partial charge in [-0.15, -0.1) is 0 Å². The number of nitrogens with one attached hydrogen (secondary N) is 1. The van der Waals surface area contributed by atoms with Crippen LogP contribution in [0.4, 0.5) is 4.79 Å². The summed E-state index contributed by atoms with van der Waals surface area (Å²) in [6.07, 6.45) is 2.14. The summed E-state index contributed by atoms with van der Waals surface area (Å²) in [6.45, 7) is 5.90. The fraction of sp³-hybridized carbons (Fsp3) is 0.500. The second kappa shape index (κ2) is 6.43. The van der Waals surface area contributed by atoms with Gasteiger partial charge >= 0.3 is 6.03 Å². The molecule has 1 aromatic rings. The van der Waals surface area contributed by atoms with E-state index in [0.29, 0.717) is 18.7 Å². The molecule has 0 aromatic heterocycles. The monoisotopic (exact) mass is 355 g/mol. The molecule has 3 amide bonds. The van der Waals surface area contributed by atoms with Crippen molar-refractivity contribution in [1.29, 1.82) is 0 Å². The van der Waals surface area contributed by atoms with Crippen molar-refractivity contribution in [3.63, 3.8) is 0 Å². The molecule has 0 spiro atoms. The van der Waals surface area contributed by atoms with Crippen LogP contribution in [-0.2, 0) is 9.53 Å². The summed E-state index contributed by atoms with van der Waals surface area (Å²) in [5, 5.41) is 3.01. The molecule has 2 atom stereocenters. The molecule has 1 N–H and O–H groups in total. The van der Waals surface area contributed by atoms with Crippen molar-refractivity contribution < 1.29 is 14.3 Å². The number of aryl methyl sites for hydroxylation is 2. The van der Waals surface area contributed by atoms with Gasteiger partial charge in [-0.05, 0) is 37.8 Å². The molecule has 1 saturated heterocycles. The second-order valence-electron chi connectivity index (χ2n) is 7.48. The molecule has 0 saturated carbocycles. The van der Waals surface area contributed by atoms with Crippen molar-refractivity contribution in [2.75, 3.05) is 26.7 Å². The number of nitrogens with zero attached hydrogens (tertiary/aromatic N) is 2. The van der Waals surface area contributed by atoms with E-state index in [1.165, 1.54) is 0 Å². The van der Waals surface area contributed by atoms with Crippen LogP contribution in [0.1, 0.15) is 35.6 Å². The molecule has 1 fully saturated rings. The van der Waals surface area contributed by atoms with Crippen LogP contribution >= 0.6 is 0 Å². The minimum Gasteiger partial charge on any atom is -0.376 e. The van der Waals surface area contributed by atoms with Crippen LogP contribution in [0, 0.1) is 13.8 Å². The van der Waals surface area contributed by atoms with Crippen LogP contribution in [0.2, 0.25) is 0 Å². The number of rotatable bonds is 3. The van der Waals surface area contributed by atoms with E-state index >= 15 is 0 Å². The summed E-state index contributed by atoms with van der Waals surface area (Å²) < 4.78 is 5.70. The smallest absolute Gasteiger partial charge is 0.322 e. The molecule has 3 aliphatic rings. The highest BCUT2D eigenvalue weighted by molar-refractivity contribution is 6.01. The first-order valence-corrected chi connectivity index (χ1v) is 9.21. The van der Waals surface area contributed by atoms with Gasteiger partial charge in [0.2, 0.25) is 0 Å². The van der Waals surface area contributed by atoms with Crippen LogP contribution in [0.25, 0.3) is 0 Å². The Hall–Kier alpha value is -2.34. The Labute approximate surface area is 153 Å². The lowest BCUT2D eigenvalue weighted by Crippen LogP contribution is -2.45. The van der Waals surface area contributed by atoms with Crippen molar-refractivity contribution >= 4 is 11.9 Å². The summed E-state index contributed by atoms with van der Waals surface area (Å²) in [7, 11) is 1.73. The van der Waals surface area contributed by atoms with E-state index in [2.05, 4.69) is 11.4 Å². The van der Waals surface area contributed by atoms with E-state index in [9.17, 15) is 9.59 Å². The summed E-state index contributed by atoms with van der Waals surface area (Å²) in [4.78, 5) is 29.1. The van der Waals surface area contributed by atoms with Crippen molar-refractivity contribution in [2.45, 2.75) is 38.8 Å². The van der Waals surface area contributed by atoms with Gasteiger partial charge in [-0.1, -0.05) is 23.8 Å². The van der Waals surface area contributed by atoms with Gasteiger partial charge in [-0.2, -0.15) is 0 Å². The maximum atomic E-state index is 13.2. The number of carbonyl (C=O) groups excluding carboxylic acids is 2. The Morgan fingerprint density at radius 2 is 2.08 bits per heavy atom. The molecule has 0 aliphatic carbocycles. The molecular weight excluding hydrogens is 330 g/mol. The van der Waals surface area contributed by atoms with Crippen molar-refractivity contribution in [2.24, 2.45) is 0 Å². The lowest BCUT2D eigenvalue weighted by Gasteiger charge is -2.31. The number of likely N-dealkylation sites (N-methyl/N-ethyl adjacent to an activating group) is 1. The van der Waals surface area contributed by atoms with Gasteiger partial charge in [0.05, 0.1) is 30.0 Å². The Morgan fingerprint density at radius 1 is 1.27 bits per heavy atom. The molecule has 6 heteroatoms. The molecule has 1 aromatic carbocycles. The fourth-order valence-corrected chi connectivity index (χ4v) is 4.19. The number of amides is 3. The predicted molar refractivity (Wildman–Crippen MR) is 97.5 cm³/mol. The number of ether oxygens (including phenoxy) is 1. The topological polar surface area (TPSA) is 61.9 Å². The molecule has 0 bridgehead atoms. The average Bonchev–Trinajstić information content (AvgIpc) is 3.21. The molecule has 0 radical (unpaired) electrons. The number of carbonyl (C=O) groups is 2. The lowest BCUT2D eigenvalue weighted by atomic mass is 9.91. The van der Waals surface area contributed by atoms with Gasteiger partial charge in [0, 0.05) is 20.2 Å². The maximum absolute atomic E-state index is 13.2. The third-order valence-corrected chi connectivity index (χ3v) is 5.62. The highest BCUT2D eigenvalue weighted by Gasteiger charge is 2.43. The van der Waals surface area contributed by atoms with Crippen molar-refractivity contribution in [1.82, 2.24) is 15.1 Å². The van der Waals surface area contributed by atoms with Gasteiger partial charge in [-0.3, -0.25) is 9.69 Å². The Bertz CT molecular complexity index is 795. The number of benzene rings is 1. The van der Waals surface area contributed by atoms with Gasteiger partial charge in [-0.25, -0.2) is 4.79 Å². The Morgan fingerprint density at radius 3 is 2.77 bits per heavy atom. The highest BCUT2D eigenvalue weighted by Crippen LogP contribution is 2.37. The molecule has 6 nitrogen and oxygen atoms in total. The second-order valence-corrected chi connectivity index (χ2v) is 7.48. The zero-order valence-electron chi connectivity index (χ0n) is 15.5. The quantitative estimate of drug-likeness (QED) is 0.905. The molecule has 26 heavy (non-hydrogen) atoms. The molecular formula is C20H25N3O3. The molecule has 3 aliphatic heterocycles. The first-order chi connectivity index (χ1) is 12.5. The SMILES string of the molecule is Cc1ccc(C2NC(=O)N(C)C3=C2C(=O)N(CC2CCCO2)C3)c(C)c1. The Balaban J connectivity index is 1.67. The van der Waals surface area contributed by atoms with E-state index in [1.54, 1.807) is 11.9 Å². The van der Waals surface area contributed by atoms with E-state index in [-0.39, 0.29) is 18.0 Å². The highest BCUT2D eigenvalue weighted by atomic mass is 16.5. The van der Waals surface area contributed by atoms with E-state index in [4.69, 9.17) is 4.74 Å². The largest absolute Gasteiger partial charge is 0.376 e. The minimum absolute atomic E-state index is 0.00678. The van der Waals surface area contributed by atoms with Crippen LogP contribution in [0.3, 0.4) is 0 Å². The van der Waals surface area contributed by atoms with E-state index in [0.717, 1.165) is 41.8 Å². The summed E-state index contributed by atoms with van der Waals surface area (Å²) >= 11 is 0. The van der Waals surface area contributed by atoms with Gasteiger partial charge in [0.15, 0.2) is 0 Å². The summed E-state index contributed by atoms with van der Waals surface area (Å²) in [5.41, 5.74) is 4.73. The fourth-order valence-electron chi connectivity index (χ4n) is 4.19. The summed E-state index contributed by atoms with van der Waals surface area (Å²) in [6, 6.07) is 5.57. The van der Waals surface area contributed by atoms with Crippen LogP contribution in [-0.4, -0.2) is 54.6 Å². The summed E-state index contributed by atoms with van der Waals surface area (Å²) in [5.74, 6) is 0.00678. The predicted octanol–water partition coefficient (Wildman–Crippen LogP) is 2.27. The standard InChI is InChI=1S/C20H25N3O3/c1-12-6-7-15(13(2)9-12)18-17-16(22(3)20(25)21-18)11-23(19(17)24)10-14-5-4-8-26-14/h6-7,9,14,18H,4-5,8,10-11H2,1-3H3,(H,21,25). The van der Waals surface area contributed by atoms with Crippen molar-refractivity contribution in [3.05, 3.63) is 46.2 Å². The van der Waals surface area contributed by atoms with Crippen LogP contribution in [0.15, 0.2) is 29.5 Å². The molecule has 4 rings (SSSR count). The van der Waals surface area contributed by atoms with Gasteiger partial charge in [0.25, 0.3) is 5.91 Å². The van der Waals surface area contributed by atoms with Crippen molar-refractivity contribution in [3.8, 4) is 0 Å². The molecule has 138 valence electrons. The Kier molecular flexibility index (Phi) is 4.23. The first-order valence-electron chi connectivity index (χ1n) is 9.21. The van der Waals surface area contributed by atoms with Crippen LogP contribution < -0.4 is 5.32 Å². The zero-order chi connectivity index (χ0) is 18.4. The normalized spacial score (nSPS) is 25.8. The third kappa shape index (κ3) is 2.78. The van der Waals surface area contributed by atoms with Crippen LogP contribution in [0.5, 0.6) is 0 Å². The van der Waals surface area contributed by atoms with Gasteiger partial charge in [0.1, 0.15) is 0 Å². The average molecular weight is 355 g/mol. The molecule has 2 unspecified atom stereocenters. The number of hydrogen-bond acceptors (Lipinski definition) is 3. The lowest BCUT2D eigenvalue weighted by molar-refractivity contribution is -0.127. The maximum Gasteiger partial charge on any atom is 0.322 e. The molecule has 3 heterocycles. The first kappa shape index (κ1) is 17.1. The van der Waals surface area contributed by atoms with E-state index < -0.39 is 6.04 Å². The number of urea groups is 1. The zero-order valence-corrected chi connectivity index (χ0v) is 15.5.